The molecular formula is C24H31N3O4. The number of morpholine rings is 1. The van der Waals surface area contributed by atoms with Crippen molar-refractivity contribution in [3.8, 4) is 5.75 Å². The quantitative estimate of drug-likeness (QED) is 0.704. The Morgan fingerprint density at radius 1 is 1.06 bits per heavy atom. The number of nitrogens with zero attached hydrogens (tertiary/aromatic N) is 2. The first-order valence-corrected chi connectivity index (χ1v) is 10.6. The van der Waals surface area contributed by atoms with Gasteiger partial charge in [-0.25, -0.2) is 0 Å². The van der Waals surface area contributed by atoms with Gasteiger partial charge in [-0.1, -0.05) is 26.0 Å². The molecule has 2 amide bonds. The molecule has 1 heterocycles. The van der Waals surface area contributed by atoms with Crippen molar-refractivity contribution in [2.24, 2.45) is 0 Å². The van der Waals surface area contributed by atoms with Crippen LogP contribution < -0.4 is 15.0 Å². The van der Waals surface area contributed by atoms with Crippen molar-refractivity contribution in [1.29, 1.82) is 0 Å². The van der Waals surface area contributed by atoms with Crippen molar-refractivity contribution in [3.05, 3.63) is 54.1 Å². The Morgan fingerprint density at radius 2 is 1.71 bits per heavy atom. The lowest BCUT2D eigenvalue weighted by Crippen LogP contribution is -2.37. The number of benzene rings is 2. The van der Waals surface area contributed by atoms with Crippen LogP contribution in [0.25, 0.3) is 0 Å². The van der Waals surface area contributed by atoms with E-state index in [0.29, 0.717) is 17.4 Å². The van der Waals surface area contributed by atoms with Gasteiger partial charge in [0.2, 0.25) is 5.91 Å². The van der Waals surface area contributed by atoms with E-state index < -0.39 is 0 Å². The molecule has 0 unspecified atom stereocenters. The van der Waals surface area contributed by atoms with E-state index in [9.17, 15) is 9.59 Å². The van der Waals surface area contributed by atoms with Crippen LogP contribution in [0.3, 0.4) is 0 Å². The number of likely N-dealkylation sites (N-methyl/N-ethyl adjacent to an activating group) is 1. The molecule has 0 saturated carbocycles. The third-order valence-electron chi connectivity index (χ3n) is 5.24. The highest BCUT2D eigenvalue weighted by Crippen LogP contribution is 2.20. The predicted octanol–water partition coefficient (Wildman–Crippen LogP) is 3.12. The number of ether oxygens (including phenoxy) is 2. The average molecular weight is 426 g/mol. The summed E-state index contributed by atoms with van der Waals surface area (Å²) in [5.41, 5.74) is 3.02. The summed E-state index contributed by atoms with van der Waals surface area (Å²) in [6.45, 7) is 7.28. The third kappa shape index (κ3) is 6.72. The minimum Gasteiger partial charge on any atom is -0.484 e. The molecule has 0 spiro atoms. The molecule has 0 bridgehead atoms. The molecule has 2 aromatic carbocycles. The molecule has 1 aliphatic rings. The molecule has 2 aromatic rings. The van der Waals surface area contributed by atoms with Gasteiger partial charge in [0.05, 0.1) is 19.8 Å². The molecule has 1 fully saturated rings. The van der Waals surface area contributed by atoms with Gasteiger partial charge >= 0.3 is 0 Å². The zero-order chi connectivity index (χ0) is 22.2. The van der Waals surface area contributed by atoms with Gasteiger partial charge in [-0.2, -0.15) is 0 Å². The van der Waals surface area contributed by atoms with E-state index in [2.05, 4.69) is 24.1 Å². The fraction of sp³-hybridized carbons (Fsp3) is 0.417. The van der Waals surface area contributed by atoms with Crippen LogP contribution in [0.5, 0.6) is 5.75 Å². The van der Waals surface area contributed by atoms with Crippen LogP contribution >= 0.6 is 0 Å². The second-order valence-corrected chi connectivity index (χ2v) is 7.96. The molecule has 7 nitrogen and oxygen atoms in total. The van der Waals surface area contributed by atoms with E-state index in [1.165, 1.54) is 10.5 Å². The Balaban J connectivity index is 1.43. The Morgan fingerprint density at radius 3 is 2.32 bits per heavy atom. The maximum absolute atomic E-state index is 12.3. The number of hydrogen-bond donors (Lipinski definition) is 1. The molecule has 0 aliphatic carbocycles. The summed E-state index contributed by atoms with van der Waals surface area (Å²) in [5, 5.41) is 2.83. The van der Waals surface area contributed by atoms with Gasteiger partial charge in [-0.05, 0) is 47.9 Å². The molecule has 1 N–H and O–H groups in total. The van der Waals surface area contributed by atoms with Crippen molar-refractivity contribution >= 4 is 23.2 Å². The first-order chi connectivity index (χ1) is 14.9. The fourth-order valence-electron chi connectivity index (χ4n) is 3.29. The first-order valence-electron chi connectivity index (χ1n) is 10.6. The van der Waals surface area contributed by atoms with Crippen LogP contribution in [0.2, 0.25) is 0 Å². The monoisotopic (exact) mass is 425 g/mol. The van der Waals surface area contributed by atoms with Crippen molar-refractivity contribution < 1.29 is 19.1 Å². The van der Waals surface area contributed by atoms with Crippen molar-refractivity contribution in [3.63, 3.8) is 0 Å². The summed E-state index contributed by atoms with van der Waals surface area (Å²) < 4.78 is 10.9. The number of carbonyl (C=O) groups excluding carboxylic acids is 2. The molecule has 7 heteroatoms. The molecule has 0 atom stereocenters. The minimum absolute atomic E-state index is 0.0420. The number of rotatable bonds is 8. The van der Waals surface area contributed by atoms with Gasteiger partial charge in [0.25, 0.3) is 5.91 Å². The lowest BCUT2D eigenvalue weighted by molar-refractivity contribution is -0.135. The van der Waals surface area contributed by atoms with Gasteiger partial charge in [-0.15, -0.1) is 0 Å². The van der Waals surface area contributed by atoms with E-state index in [1.54, 1.807) is 7.05 Å². The molecule has 1 aliphatic heterocycles. The molecule has 0 aromatic heterocycles. The van der Waals surface area contributed by atoms with Crippen LogP contribution in [-0.4, -0.2) is 63.2 Å². The summed E-state index contributed by atoms with van der Waals surface area (Å²) in [7, 11) is 1.59. The van der Waals surface area contributed by atoms with Crippen molar-refractivity contribution in [2.75, 3.05) is 56.7 Å². The van der Waals surface area contributed by atoms with Crippen LogP contribution in [0.1, 0.15) is 25.3 Å². The van der Waals surface area contributed by atoms with E-state index in [1.807, 2.05) is 48.5 Å². The highest BCUT2D eigenvalue weighted by Gasteiger charge is 2.15. The number of carbonyl (C=O) groups is 2. The van der Waals surface area contributed by atoms with E-state index in [0.717, 1.165) is 32.0 Å². The standard InChI is InChI=1S/C24H31N3O4/c1-18(2)19-4-10-22(11-5-19)31-17-24(29)26(3)16-23(28)25-20-6-8-21(9-7-20)27-12-14-30-15-13-27/h4-11,18H,12-17H2,1-3H3,(H,25,28). The Labute approximate surface area is 183 Å². The van der Waals surface area contributed by atoms with Crippen LogP contribution in [0, 0.1) is 0 Å². The van der Waals surface area contributed by atoms with Gasteiger partial charge in [0, 0.05) is 31.5 Å². The number of anilines is 2. The van der Waals surface area contributed by atoms with E-state index in [-0.39, 0.29) is 25.0 Å². The molecule has 166 valence electrons. The number of nitrogens with one attached hydrogen (secondary N) is 1. The lowest BCUT2D eigenvalue weighted by Gasteiger charge is -2.28. The van der Waals surface area contributed by atoms with Gasteiger partial charge in [-0.3, -0.25) is 9.59 Å². The highest BCUT2D eigenvalue weighted by molar-refractivity contribution is 5.94. The maximum atomic E-state index is 12.3. The second kappa shape index (κ2) is 10.8. The zero-order valence-corrected chi connectivity index (χ0v) is 18.5. The normalized spacial score (nSPS) is 13.7. The fourth-order valence-corrected chi connectivity index (χ4v) is 3.29. The summed E-state index contributed by atoms with van der Waals surface area (Å²) in [6.07, 6.45) is 0. The summed E-state index contributed by atoms with van der Waals surface area (Å²) in [5.74, 6) is 0.564. The van der Waals surface area contributed by atoms with Crippen LogP contribution in [-0.2, 0) is 14.3 Å². The highest BCUT2D eigenvalue weighted by atomic mass is 16.5. The smallest absolute Gasteiger partial charge is 0.260 e. The van der Waals surface area contributed by atoms with E-state index in [4.69, 9.17) is 9.47 Å². The third-order valence-corrected chi connectivity index (χ3v) is 5.24. The van der Waals surface area contributed by atoms with Crippen molar-refractivity contribution in [2.45, 2.75) is 19.8 Å². The molecule has 0 radical (unpaired) electrons. The molecule has 1 saturated heterocycles. The van der Waals surface area contributed by atoms with Crippen LogP contribution in [0.15, 0.2) is 48.5 Å². The van der Waals surface area contributed by atoms with Gasteiger partial charge in [0.15, 0.2) is 6.61 Å². The molecular weight excluding hydrogens is 394 g/mol. The van der Waals surface area contributed by atoms with Crippen molar-refractivity contribution in [1.82, 2.24) is 4.90 Å². The second-order valence-electron chi connectivity index (χ2n) is 7.96. The molecule has 31 heavy (non-hydrogen) atoms. The van der Waals surface area contributed by atoms with Gasteiger partial charge < -0.3 is 24.6 Å². The molecule has 3 rings (SSSR count). The van der Waals surface area contributed by atoms with E-state index >= 15 is 0 Å². The minimum atomic E-state index is -0.259. The Bertz CT molecular complexity index is 859. The first kappa shape index (κ1) is 22.6. The number of hydrogen-bond acceptors (Lipinski definition) is 5. The Hall–Kier alpha value is -3.06. The van der Waals surface area contributed by atoms with Crippen LogP contribution in [0.4, 0.5) is 11.4 Å². The zero-order valence-electron chi connectivity index (χ0n) is 18.5. The Kier molecular flexibility index (Phi) is 7.89. The predicted molar refractivity (Wildman–Crippen MR) is 122 cm³/mol. The summed E-state index contributed by atoms with van der Waals surface area (Å²) >= 11 is 0. The number of amides is 2. The maximum Gasteiger partial charge on any atom is 0.260 e. The lowest BCUT2D eigenvalue weighted by atomic mass is 10.0. The largest absolute Gasteiger partial charge is 0.484 e. The SMILES string of the molecule is CC(C)c1ccc(OCC(=O)N(C)CC(=O)Nc2ccc(N3CCOCC3)cc2)cc1. The summed E-state index contributed by atoms with van der Waals surface area (Å²) in [4.78, 5) is 28.2. The average Bonchev–Trinajstić information content (AvgIpc) is 2.78. The van der Waals surface area contributed by atoms with Gasteiger partial charge in [0.1, 0.15) is 5.75 Å². The topological polar surface area (TPSA) is 71.1 Å². The summed E-state index contributed by atoms with van der Waals surface area (Å²) in [6, 6.07) is 15.4.